The average Bonchev–Trinajstić information content (AvgIpc) is 3.17. The maximum Gasteiger partial charge on any atom is 0.419 e. The molecule has 0 radical (unpaired) electrons. The van der Waals surface area contributed by atoms with Gasteiger partial charge >= 0.3 is 12.2 Å². The Bertz CT molecular complexity index is 1190. The molecule has 0 bridgehead atoms. The molecule has 39 heavy (non-hydrogen) atoms. The minimum absolute atomic E-state index is 0.00379. The highest BCUT2D eigenvalue weighted by Crippen LogP contribution is 2.66. The maximum atomic E-state index is 13.8. The first-order valence-electron chi connectivity index (χ1n) is 13.4. The van der Waals surface area contributed by atoms with Crippen LogP contribution in [0.15, 0.2) is 24.4 Å². The van der Waals surface area contributed by atoms with Crippen LogP contribution in [0, 0.1) is 11.7 Å². The molecule has 214 valence electrons. The molecule has 1 saturated heterocycles. The number of urea groups is 1. The number of rotatable bonds is 9. The van der Waals surface area contributed by atoms with E-state index in [-0.39, 0.29) is 29.2 Å². The van der Waals surface area contributed by atoms with Crippen molar-refractivity contribution < 1.29 is 27.5 Å². The number of benzene rings is 1. The second-order valence-electron chi connectivity index (χ2n) is 11.3. The Morgan fingerprint density at radius 3 is 2.77 bits per heavy atom. The number of aliphatic hydroxyl groups excluding tert-OH is 1. The van der Waals surface area contributed by atoms with Gasteiger partial charge in [-0.05, 0) is 76.9 Å². The number of nitrogens with zero attached hydrogens (tertiary/aromatic N) is 4. The third-order valence-corrected chi connectivity index (χ3v) is 9.49. The zero-order valence-corrected chi connectivity index (χ0v) is 23.0. The summed E-state index contributed by atoms with van der Waals surface area (Å²) in [5, 5.41) is 13.5. The molecule has 5 rings (SSSR count). The van der Waals surface area contributed by atoms with Gasteiger partial charge in [0.05, 0.1) is 11.7 Å². The minimum Gasteiger partial charge on any atom is -0.392 e. The Morgan fingerprint density at radius 2 is 2.10 bits per heavy atom. The number of amides is 2. The van der Waals surface area contributed by atoms with Gasteiger partial charge in [-0.1, -0.05) is 0 Å². The van der Waals surface area contributed by atoms with E-state index >= 15 is 0 Å². The summed E-state index contributed by atoms with van der Waals surface area (Å²) in [5.74, 6) is -1.11. The number of aromatic nitrogens is 1. The fraction of sp³-hybridized carbons (Fsp3) is 0.630. The van der Waals surface area contributed by atoms with E-state index in [2.05, 4.69) is 20.1 Å². The molecule has 3 aliphatic rings. The van der Waals surface area contributed by atoms with E-state index in [1.807, 2.05) is 20.3 Å². The van der Waals surface area contributed by atoms with Crippen molar-refractivity contribution in [1.82, 2.24) is 19.7 Å². The predicted octanol–water partition coefficient (Wildman–Crippen LogP) is 4.77. The molecular weight excluding hydrogens is 534 g/mol. The summed E-state index contributed by atoms with van der Waals surface area (Å²) in [7, 11) is 4.01. The molecule has 1 aromatic carbocycles. The number of hydrogen-bond donors (Lipinski definition) is 2. The zero-order valence-electron chi connectivity index (χ0n) is 22.2. The number of likely N-dealkylation sites (tertiary alicyclic amines) is 1. The van der Waals surface area contributed by atoms with E-state index in [0.29, 0.717) is 25.6 Å². The first-order chi connectivity index (χ1) is 18.5. The van der Waals surface area contributed by atoms with Crippen LogP contribution in [0.5, 0.6) is 0 Å². The van der Waals surface area contributed by atoms with Gasteiger partial charge in [0.2, 0.25) is 0 Å². The fourth-order valence-corrected chi connectivity index (χ4v) is 7.64. The topological polar surface area (TPSA) is 71.9 Å². The number of anilines is 1. The molecule has 2 unspecified atom stereocenters. The molecular formula is C27H35F4N5O2S. The van der Waals surface area contributed by atoms with Gasteiger partial charge < -0.3 is 25.1 Å². The van der Waals surface area contributed by atoms with E-state index in [9.17, 15) is 27.5 Å². The van der Waals surface area contributed by atoms with Crippen molar-refractivity contribution in [3.8, 4) is 0 Å². The van der Waals surface area contributed by atoms with Crippen molar-refractivity contribution in [3.63, 3.8) is 0 Å². The lowest BCUT2D eigenvalue weighted by atomic mass is 10.0. The lowest BCUT2D eigenvalue weighted by molar-refractivity contribution is -0.139. The molecule has 12 heteroatoms. The Hall–Kier alpha value is -2.28. The molecule has 2 heterocycles. The second kappa shape index (κ2) is 10.9. The number of fused-ring (bicyclic) bond motifs is 1. The second-order valence-corrected chi connectivity index (χ2v) is 12.5. The highest BCUT2D eigenvalue weighted by atomic mass is 32.1. The lowest BCUT2D eigenvalue weighted by Gasteiger charge is -2.31. The Balaban J connectivity index is 1.31. The maximum absolute atomic E-state index is 13.8. The number of nitrogens with one attached hydrogen (secondary N) is 1. The Kier molecular flexibility index (Phi) is 7.93. The molecule has 2 aliphatic carbocycles. The minimum atomic E-state index is -4.86. The number of hydrogen-bond acceptors (Lipinski definition) is 6. The van der Waals surface area contributed by atoms with Crippen molar-refractivity contribution in [3.05, 3.63) is 45.7 Å². The van der Waals surface area contributed by atoms with E-state index < -0.39 is 23.6 Å². The molecule has 2 saturated carbocycles. The highest BCUT2D eigenvalue weighted by Gasteiger charge is 2.65. The zero-order chi connectivity index (χ0) is 27.9. The molecule has 1 aromatic heterocycles. The largest absolute Gasteiger partial charge is 0.419 e. The number of alkyl halides is 3. The fourth-order valence-electron chi connectivity index (χ4n) is 6.31. The summed E-state index contributed by atoms with van der Waals surface area (Å²) in [4.78, 5) is 25.4. The molecule has 2 aromatic rings. The van der Waals surface area contributed by atoms with Crippen LogP contribution in [0.4, 0.5) is 28.0 Å². The lowest BCUT2D eigenvalue weighted by Crippen LogP contribution is -2.44. The number of carbonyl (C=O) groups is 1. The summed E-state index contributed by atoms with van der Waals surface area (Å²) in [5.41, 5.74) is -1.48. The van der Waals surface area contributed by atoms with E-state index in [1.54, 1.807) is 16.2 Å². The predicted molar refractivity (Wildman–Crippen MR) is 141 cm³/mol. The standard InChI is InChI=1S/C27H35F4N5O2S/c1-34(2)16-24-32-14-23(39-24)26-8-6-22(20(26)13-26)36(10-3-9-35-11-7-18(37)15-35)25(38)33-17-4-5-21(28)19(12-17)27(29,30)31/h4-5,12,14,18,20,22,37H,3,6-11,13,15-16H2,1-2H3,(H,33,38)/t18-,20-,22?,26?/m1/s1. The van der Waals surface area contributed by atoms with Gasteiger partial charge in [-0.3, -0.25) is 0 Å². The van der Waals surface area contributed by atoms with Crippen molar-refractivity contribution in [2.24, 2.45) is 5.92 Å². The highest BCUT2D eigenvalue weighted by molar-refractivity contribution is 7.11. The Labute approximate surface area is 229 Å². The van der Waals surface area contributed by atoms with Gasteiger partial charge in [-0.15, -0.1) is 11.3 Å². The summed E-state index contributed by atoms with van der Waals surface area (Å²) >= 11 is 1.72. The number of aliphatic hydroxyl groups is 1. The van der Waals surface area contributed by atoms with E-state index in [0.717, 1.165) is 62.5 Å². The van der Waals surface area contributed by atoms with Crippen LogP contribution < -0.4 is 5.32 Å². The van der Waals surface area contributed by atoms with Crippen LogP contribution >= 0.6 is 11.3 Å². The summed E-state index contributed by atoms with van der Waals surface area (Å²) in [6.07, 6.45) is 0.884. The van der Waals surface area contributed by atoms with Crippen molar-refractivity contribution in [1.29, 1.82) is 0 Å². The number of carbonyl (C=O) groups excluding carboxylic acids is 1. The van der Waals surface area contributed by atoms with E-state index in [1.165, 1.54) is 4.88 Å². The van der Waals surface area contributed by atoms with Crippen LogP contribution in [-0.2, 0) is 18.1 Å². The third-order valence-electron chi connectivity index (χ3n) is 8.29. The Morgan fingerprint density at radius 1 is 1.31 bits per heavy atom. The van der Waals surface area contributed by atoms with E-state index in [4.69, 9.17) is 0 Å². The van der Waals surface area contributed by atoms with Gasteiger partial charge in [0.1, 0.15) is 10.8 Å². The van der Waals surface area contributed by atoms with Gasteiger partial charge in [0.15, 0.2) is 0 Å². The molecule has 4 atom stereocenters. The SMILES string of the molecule is CN(C)Cc1ncc(C23CCC(N(CCCN4CC[C@@H](O)C4)C(=O)Nc4ccc(F)c(C(F)(F)F)c4)[C@H]2C3)s1. The van der Waals surface area contributed by atoms with Crippen molar-refractivity contribution >= 4 is 23.1 Å². The number of β-amino-alcohol motifs (C(OH)–C–C–N with tert-alkyl or cyclic N) is 1. The molecule has 0 spiro atoms. The smallest absolute Gasteiger partial charge is 0.392 e. The van der Waals surface area contributed by atoms with Crippen LogP contribution in [0.25, 0.3) is 0 Å². The monoisotopic (exact) mass is 569 g/mol. The van der Waals surface area contributed by atoms with Crippen LogP contribution in [0.3, 0.4) is 0 Å². The van der Waals surface area contributed by atoms with Crippen LogP contribution in [-0.4, -0.2) is 83.2 Å². The molecule has 2 N–H and O–H groups in total. The molecule has 2 amide bonds. The van der Waals surface area contributed by atoms with Crippen molar-refractivity contribution in [2.75, 3.05) is 45.6 Å². The average molecular weight is 570 g/mol. The number of thiazole rings is 1. The van der Waals surface area contributed by atoms with Gasteiger partial charge in [0, 0.05) is 54.4 Å². The van der Waals surface area contributed by atoms with Crippen molar-refractivity contribution in [2.45, 2.75) is 62.4 Å². The quantitative estimate of drug-likeness (QED) is 0.426. The molecule has 1 aliphatic heterocycles. The number of halogens is 4. The third kappa shape index (κ3) is 6.08. The van der Waals surface area contributed by atoms with Gasteiger partial charge in [0.25, 0.3) is 0 Å². The first kappa shape index (κ1) is 28.3. The van der Waals surface area contributed by atoms with Crippen LogP contribution in [0.2, 0.25) is 0 Å². The molecule has 3 fully saturated rings. The summed E-state index contributed by atoms with van der Waals surface area (Å²) < 4.78 is 53.6. The normalized spacial score (nSPS) is 26.7. The summed E-state index contributed by atoms with van der Waals surface area (Å²) in [6, 6.07) is 2.03. The van der Waals surface area contributed by atoms with Gasteiger partial charge in [-0.25, -0.2) is 14.2 Å². The summed E-state index contributed by atoms with van der Waals surface area (Å²) in [6.45, 7) is 3.35. The van der Waals surface area contributed by atoms with Crippen LogP contribution in [0.1, 0.15) is 47.6 Å². The van der Waals surface area contributed by atoms with Gasteiger partial charge in [-0.2, -0.15) is 13.2 Å². The first-order valence-corrected chi connectivity index (χ1v) is 14.2. The molecule has 7 nitrogen and oxygen atoms in total.